The fourth-order valence-corrected chi connectivity index (χ4v) is 2.41. The van der Waals surface area contributed by atoms with Crippen LogP contribution in [0.1, 0.15) is 50.5 Å². The van der Waals surface area contributed by atoms with Crippen LogP contribution in [0.15, 0.2) is 24.3 Å². The molecule has 2 aromatic rings. The minimum atomic E-state index is -1.06. The van der Waals surface area contributed by atoms with Gasteiger partial charge in [-0.1, -0.05) is 31.3 Å². The minimum Gasteiger partial charge on any atom is -0.478 e. The first-order valence-electron chi connectivity index (χ1n) is 6.41. The first-order valence-corrected chi connectivity index (χ1v) is 7.23. The predicted molar refractivity (Wildman–Crippen MR) is 78.6 cm³/mol. The minimum absolute atomic E-state index is 0.0839. The summed E-state index contributed by atoms with van der Waals surface area (Å²) in [7, 11) is 0. The number of hydrogen-bond donors (Lipinski definition) is 2. The summed E-state index contributed by atoms with van der Waals surface area (Å²) in [5, 5.41) is 21.3. The van der Waals surface area contributed by atoms with Crippen LogP contribution in [-0.2, 0) is 6.54 Å². The molecule has 1 aromatic carbocycles. The number of carbonyl (C=O) groups excluding carboxylic acids is 1. The Bertz CT molecular complexity index is 667. The Balaban J connectivity index is 2.01. The molecule has 6 nitrogen and oxygen atoms in total. The molecule has 1 aromatic heterocycles. The number of aromatic nitrogens is 2. The lowest BCUT2D eigenvalue weighted by Gasteiger charge is -2.03. The zero-order valence-corrected chi connectivity index (χ0v) is 12.5. The average Bonchev–Trinajstić information content (AvgIpc) is 2.94. The van der Waals surface area contributed by atoms with Gasteiger partial charge >= 0.3 is 5.97 Å². The van der Waals surface area contributed by atoms with Crippen molar-refractivity contribution in [2.24, 2.45) is 0 Å². The highest BCUT2D eigenvalue weighted by Gasteiger charge is 2.11. The van der Waals surface area contributed by atoms with Gasteiger partial charge in [-0.25, -0.2) is 4.79 Å². The fourth-order valence-electron chi connectivity index (χ4n) is 1.62. The highest BCUT2D eigenvalue weighted by Crippen LogP contribution is 2.18. The number of benzene rings is 1. The molecule has 0 saturated carbocycles. The molecule has 1 amide bonds. The van der Waals surface area contributed by atoms with Gasteiger partial charge in [0.1, 0.15) is 10.0 Å². The number of carbonyl (C=O) groups is 2. The number of rotatable bonds is 5. The van der Waals surface area contributed by atoms with Gasteiger partial charge in [-0.05, 0) is 18.2 Å². The number of carboxylic acids is 1. The molecule has 0 unspecified atom stereocenters. The number of hydrogen-bond acceptors (Lipinski definition) is 5. The van der Waals surface area contributed by atoms with E-state index in [4.69, 9.17) is 5.11 Å². The maximum atomic E-state index is 12.0. The Morgan fingerprint density at radius 2 is 2.00 bits per heavy atom. The highest BCUT2D eigenvalue weighted by atomic mass is 32.1. The van der Waals surface area contributed by atoms with Crippen LogP contribution in [0.25, 0.3) is 0 Å². The molecule has 0 radical (unpaired) electrons. The molecule has 0 spiro atoms. The van der Waals surface area contributed by atoms with Gasteiger partial charge in [0.05, 0.1) is 12.1 Å². The van der Waals surface area contributed by atoms with Crippen LogP contribution in [0.5, 0.6) is 0 Å². The monoisotopic (exact) mass is 305 g/mol. The van der Waals surface area contributed by atoms with Crippen molar-refractivity contribution in [3.63, 3.8) is 0 Å². The van der Waals surface area contributed by atoms with Gasteiger partial charge < -0.3 is 10.4 Å². The smallest absolute Gasteiger partial charge is 0.335 e. The number of aromatic carboxylic acids is 1. The summed E-state index contributed by atoms with van der Waals surface area (Å²) in [6, 6.07) is 5.90. The third-order valence-corrected chi connectivity index (χ3v) is 3.97. The zero-order chi connectivity index (χ0) is 15.4. The largest absolute Gasteiger partial charge is 0.478 e. The first-order chi connectivity index (χ1) is 9.97. The molecule has 0 aliphatic carbocycles. The topological polar surface area (TPSA) is 92.2 Å². The molecule has 1 heterocycles. The molecule has 2 rings (SSSR count). The second-order valence-corrected chi connectivity index (χ2v) is 5.85. The van der Waals surface area contributed by atoms with Gasteiger partial charge in [0.2, 0.25) is 0 Å². The Kier molecular flexibility index (Phi) is 4.64. The Morgan fingerprint density at radius 1 is 1.29 bits per heavy atom. The zero-order valence-electron chi connectivity index (χ0n) is 11.7. The molecule has 7 heteroatoms. The van der Waals surface area contributed by atoms with Crippen molar-refractivity contribution in [2.75, 3.05) is 0 Å². The molecule has 0 bridgehead atoms. The third kappa shape index (κ3) is 3.85. The lowest BCUT2D eigenvalue weighted by molar-refractivity contribution is 0.0697. The average molecular weight is 305 g/mol. The molecule has 2 N–H and O–H groups in total. The number of nitrogens with zero attached hydrogens (tertiary/aromatic N) is 2. The second kappa shape index (κ2) is 6.45. The summed E-state index contributed by atoms with van der Waals surface area (Å²) in [6.07, 6.45) is 0. The molecule has 0 saturated heterocycles. The van der Waals surface area contributed by atoms with Crippen molar-refractivity contribution < 1.29 is 14.7 Å². The Morgan fingerprint density at radius 3 is 2.62 bits per heavy atom. The summed E-state index contributed by atoms with van der Waals surface area (Å²) in [5.41, 5.74) is 0.393. The van der Waals surface area contributed by atoms with Gasteiger partial charge in [0.15, 0.2) is 0 Å². The quantitative estimate of drug-likeness (QED) is 0.884. The van der Waals surface area contributed by atoms with E-state index >= 15 is 0 Å². The molecule has 0 aliphatic rings. The van der Waals surface area contributed by atoms with Gasteiger partial charge in [0, 0.05) is 11.5 Å². The molecular weight excluding hydrogens is 290 g/mol. The van der Waals surface area contributed by atoms with E-state index in [0.29, 0.717) is 11.5 Å². The van der Waals surface area contributed by atoms with Crippen LogP contribution >= 0.6 is 11.3 Å². The van der Waals surface area contributed by atoms with Gasteiger partial charge in [0.25, 0.3) is 5.91 Å². The van der Waals surface area contributed by atoms with Crippen LogP contribution in [0.3, 0.4) is 0 Å². The van der Waals surface area contributed by atoms with Crippen molar-refractivity contribution in [3.8, 4) is 0 Å². The predicted octanol–water partition coefficient (Wildman–Crippen LogP) is 2.29. The molecule has 21 heavy (non-hydrogen) atoms. The van der Waals surface area contributed by atoms with Gasteiger partial charge in [-0.3, -0.25) is 4.79 Å². The van der Waals surface area contributed by atoms with E-state index in [9.17, 15) is 9.59 Å². The number of amides is 1. The van der Waals surface area contributed by atoms with Crippen LogP contribution in [0.2, 0.25) is 0 Å². The second-order valence-electron chi connectivity index (χ2n) is 4.76. The van der Waals surface area contributed by atoms with E-state index in [-0.39, 0.29) is 18.0 Å². The molecule has 0 aliphatic heterocycles. The van der Waals surface area contributed by atoms with E-state index in [1.165, 1.54) is 23.5 Å². The van der Waals surface area contributed by atoms with Crippen LogP contribution in [0.4, 0.5) is 0 Å². The first kappa shape index (κ1) is 15.1. The summed E-state index contributed by atoms with van der Waals surface area (Å²) in [4.78, 5) is 22.9. The van der Waals surface area contributed by atoms with E-state index < -0.39 is 5.97 Å². The normalized spacial score (nSPS) is 10.6. The van der Waals surface area contributed by atoms with E-state index in [2.05, 4.69) is 15.5 Å². The van der Waals surface area contributed by atoms with E-state index in [0.717, 1.165) is 10.0 Å². The number of nitrogens with one attached hydrogen (secondary N) is 1. The van der Waals surface area contributed by atoms with Crippen LogP contribution in [0, 0.1) is 0 Å². The molecule has 0 fully saturated rings. The van der Waals surface area contributed by atoms with Crippen molar-refractivity contribution in [2.45, 2.75) is 26.3 Å². The Labute approximate surface area is 125 Å². The Hall–Kier alpha value is -2.28. The van der Waals surface area contributed by atoms with E-state index in [1.54, 1.807) is 12.1 Å². The van der Waals surface area contributed by atoms with Crippen LogP contribution in [-0.4, -0.2) is 27.2 Å². The lowest BCUT2D eigenvalue weighted by atomic mass is 10.1. The summed E-state index contributed by atoms with van der Waals surface area (Å²) in [6.45, 7) is 4.33. The number of carboxylic acid groups (broad SMARTS) is 1. The van der Waals surface area contributed by atoms with Gasteiger partial charge in [-0.2, -0.15) is 0 Å². The van der Waals surface area contributed by atoms with Crippen molar-refractivity contribution in [3.05, 3.63) is 45.4 Å². The fraction of sp³-hybridized carbons (Fsp3) is 0.286. The lowest BCUT2D eigenvalue weighted by Crippen LogP contribution is -2.23. The summed E-state index contributed by atoms with van der Waals surface area (Å²) >= 11 is 1.46. The molecule has 0 atom stereocenters. The van der Waals surface area contributed by atoms with Crippen molar-refractivity contribution >= 4 is 23.2 Å². The SMILES string of the molecule is CC(C)c1nnc(CNC(=O)c2cccc(C(=O)O)c2)s1. The van der Waals surface area contributed by atoms with Gasteiger partial charge in [-0.15, -0.1) is 10.2 Å². The standard InChI is InChI=1S/C14H15N3O3S/c1-8(2)13-17-16-11(21-13)7-15-12(18)9-4-3-5-10(6-9)14(19)20/h3-6,8H,7H2,1-2H3,(H,15,18)(H,19,20). The maximum absolute atomic E-state index is 12.0. The van der Waals surface area contributed by atoms with Crippen LogP contribution < -0.4 is 5.32 Å². The maximum Gasteiger partial charge on any atom is 0.335 e. The highest BCUT2D eigenvalue weighted by molar-refractivity contribution is 7.11. The van der Waals surface area contributed by atoms with E-state index in [1.807, 2.05) is 13.8 Å². The summed E-state index contributed by atoms with van der Waals surface area (Å²) < 4.78 is 0. The third-order valence-electron chi connectivity index (χ3n) is 2.75. The summed E-state index contributed by atoms with van der Waals surface area (Å²) in [5.74, 6) is -1.09. The van der Waals surface area contributed by atoms with Crippen molar-refractivity contribution in [1.29, 1.82) is 0 Å². The molecule has 110 valence electrons. The van der Waals surface area contributed by atoms with Crippen molar-refractivity contribution in [1.82, 2.24) is 15.5 Å². The molecular formula is C14H15N3O3S.